The third kappa shape index (κ3) is 2.25. The Hall–Kier alpha value is -0.610. The van der Waals surface area contributed by atoms with Crippen LogP contribution >= 0.6 is 0 Å². The molecule has 0 aromatic heterocycles. The zero-order valence-corrected chi connectivity index (χ0v) is 9.36. The van der Waals surface area contributed by atoms with Crippen molar-refractivity contribution in [2.75, 3.05) is 26.2 Å². The molecule has 0 bridgehead atoms. The van der Waals surface area contributed by atoms with Gasteiger partial charge in [-0.2, -0.15) is 0 Å². The van der Waals surface area contributed by atoms with Crippen LogP contribution in [0.2, 0.25) is 0 Å². The van der Waals surface area contributed by atoms with E-state index in [1.165, 1.54) is 0 Å². The van der Waals surface area contributed by atoms with E-state index in [2.05, 4.69) is 25.7 Å². The van der Waals surface area contributed by atoms with E-state index in [-0.39, 0.29) is 11.9 Å². The van der Waals surface area contributed by atoms with Crippen LogP contribution < -0.4 is 5.73 Å². The lowest BCUT2D eigenvalue weighted by molar-refractivity contribution is -0.145. The number of likely N-dealkylation sites (N-methyl/N-ethyl adjacent to an activating group) is 1. The molecule has 2 atom stereocenters. The van der Waals surface area contributed by atoms with Crippen LogP contribution in [-0.4, -0.2) is 54.0 Å². The largest absolute Gasteiger partial charge is 0.335 e. The van der Waals surface area contributed by atoms with E-state index in [4.69, 9.17) is 5.73 Å². The lowest BCUT2D eigenvalue weighted by Gasteiger charge is -2.42. The Kier molecular flexibility index (Phi) is 3.89. The van der Waals surface area contributed by atoms with Gasteiger partial charge in [-0.05, 0) is 20.0 Å². The summed E-state index contributed by atoms with van der Waals surface area (Å²) in [5, 5.41) is 0. The van der Waals surface area contributed by atoms with Gasteiger partial charge in [-0.25, -0.2) is 0 Å². The highest BCUT2D eigenvalue weighted by molar-refractivity contribution is 5.87. The van der Waals surface area contributed by atoms with Gasteiger partial charge in [0.2, 0.25) is 5.91 Å². The monoisotopic (exact) mass is 199 g/mol. The minimum atomic E-state index is -0.242. The van der Waals surface area contributed by atoms with Gasteiger partial charge in [-0.1, -0.05) is 13.8 Å². The van der Waals surface area contributed by atoms with Gasteiger partial charge in [0, 0.05) is 19.1 Å². The Balaban J connectivity index is 2.35. The standard InChI is InChI=1S/C10H21N3O/c1-4-12(5-2)6-8(3)13-7-9(11)10(13)14/h8-9H,4-7,11H2,1-3H3. The maximum absolute atomic E-state index is 11.3. The van der Waals surface area contributed by atoms with Gasteiger partial charge in [-0.3, -0.25) is 4.79 Å². The Bertz CT molecular complexity index is 204. The van der Waals surface area contributed by atoms with Gasteiger partial charge in [0.25, 0.3) is 0 Å². The predicted molar refractivity (Wildman–Crippen MR) is 56.9 cm³/mol. The van der Waals surface area contributed by atoms with Crippen molar-refractivity contribution in [1.29, 1.82) is 0 Å². The van der Waals surface area contributed by atoms with Crippen LogP contribution in [0.4, 0.5) is 0 Å². The summed E-state index contributed by atoms with van der Waals surface area (Å²) in [4.78, 5) is 15.5. The van der Waals surface area contributed by atoms with Gasteiger partial charge in [0.05, 0.1) is 0 Å². The van der Waals surface area contributed by atoms with Crippen LogP contribution in [0.3, 0.4) is 0 Å². The molecule has 4 heteroatoms. The molecule has 1 fully saturated rings. The van der Waals surface area contributed by atoms with Crippen LogP contribution in [0, 0.1) is 0 Å². The first-order chi connectivity index (χ1) is 6.60. The maximum atomic E-state index is 11.3. The highest BCUT2D eigenvalue weighted by atomic mass is 16.2. The van der Waals surface area contributed by atoms with E-state index < -0.39 is 0 Å². The highest BCUT2D eigenvalue weighted by Gasteiger charge is 2.36. The zero-order chi connectivity index (χ0) is 10.7. The molecule has 1 amide bonds. The van der Waals surface area contributed by atoms with Gasteiger partial charge >= 0.3 is 0 Å². The van der Waals surface area contributed by atoms with Gasteiger partial charge < -0.3 is 15.5 Å². The van der Waals surface area contributed by atoms with Crippen LogP contribution in [0.25, 0.3) is 0 Å². The summed E-state index contributed by atoms with van der Waals surface area (Å²) in [5.41, 5.74) is 5.54. The smallest absolute Gasteiger partial charge is 0.241 e. The molecule has 0 saturated carbocycles. The number of β-lactam (4-membered cyclic amide) rings is 1. The normalized spacial score (nSPS) is 23.9. The minimum absolute atomic E-state index is 0.102. The predicted octanol–water partition coefficient (Wildman–Crippen LogP) is -0.114. The summed E-state index contributed by atoms with van der Waals surface area (Å²) < 4.78 is 0. The Morgan fingerprint density at radius 3 is 2.50 bits per heavy atom. The number of amides is 1. The molecule has 2 unspecified atom stereocenters. The number of hydrogen-bond acceptors (Lipinski definition) is 3. The van der Waals surface area contributed by atoms with E-state index >= 15 is 0 Å². The number of carbonyl (C=O) groups excluding carboxylic acids is 1. The lowest BCUT2D eigenvalue weighted by Crippen LogP contribution is -2.65. The second kappa shape index (κ2) is 4.75. The van der Waals surface area contributed by atoms with Crippen molar-refractivity contribution in [1.82, 2.24) is 9.80 Å². The van der Waals surface area contributed by atoms with E-state index in [0.717, 1.165) is 26.2 Å². The zero-order valence-electron chi connectivity index (χ0n) is 9.36. The molecule has 4 nitrogen and oxygen atoms in total. The van der Waals surface area contributed by atoms with Crippen molar-refractivity contribution in [3.8, 4) is 0 Å². The SMILES string of the molecule is CCN(CC)CC(C)N1CC(N)C1=O. The highest BCUT2D eigenvalue weighted by Crippen LogP contribution is 2.13. The fourth-order valence-electron chi connectivity index (χ4n) is 1.83. The van der Waals surface area contributed by atoms with Crippen LogP contribution in [0.5, 0.6) is 0 Å². The first-order valence-corrected chi connectivity index (χ1v) is 5.38. The van der Waals surface area contributed by atoms with Crippen molar-refractivity contribution in [2.45, 2.75) is 32.9 Å². The molecule has 1 aliphatic heterocycles. The average molecular weight is 199 g/mol. The van der Waals surface area contributed by atoms with E-state index in [0.29, 0.717) is 6.04 Å². The molecular formula is C10H21N3O. The molecule has 0 spiro atoms. The Morgan fingerprint density at radius 1 is 1.57 bits per heavy atom. The summed E-state index contributed by atoms with van der Waals surface area (Å²) in [7, 11) is 0. The van der Waals surface area contributed by atoms with E-state index in [1.54, 1.807) is 0 Å². The number of nitrogens with zero attached hydrogens (tertiary/aromatic N) is 2. The van der Waals surface area contributed by atoms with Gasteiger partial charge in [0.15, 0.2) is 0 Å². The summed E-state index contributed by atoms with van der Waals surface area (Å²) in [6.07, 6.45) is 0. The van der Waals surface area contributed by atoms with Crippen LogP contribution in [0.15, 0.2) is 0 Å². The molecular weight excluding hydrogens is 178 g/mol. The first kappa shape index (κ1) is 11.5. The molecule has 0 aromatic rings. The second-order valence-electron chi connectivity index (χ2n) is 3.93. The molecule has 1 saturated heterocycles. The Labute approximate surface area is 86.0 Å². The quantitative estimate of drug-likeness (QED) is 0.628. The number of rotatable bonds is 5. The fraction of sp³-hybridized carbons (Fsp3) is 0.900. The fourth-order valence-corrected chi connectivity index (χ4v) is 1.83. The third-order valence-electron chi connectivity index (χ3n) is 2.94. The number of likely N-dealkylation sites (tertiary alicyclic amines) is 1. The summed E-state index contributed by atoms with van der Waals surface area (Å²) in [5.74, 6) is 0.102. The second-order valence-corrected chi connectivity index (χ2v) is 3.93. The minimum Gasteiger partial charge on any atom is -0.335 e. The molecule has 0 aliphatic carbocycles. The lowest BCUT2D eigenvalue weighted by atomic mass is 10.1. The van der Waals surface area contributed by atoms with E-state index in [1.807, 2.05) is 4.90 Å². The van der Waals surface area contributed by atoms with Crippen molar-refractivity contribution >= 4 is 5.91 Å². The molecule has 1 aliphatic rings. The van der Waals surface area contributed by atoms with Gasteiger partial charge in [0.1, 0.15) is 6.04 Å². The summed E-state index contributed by atoms with van der Waals surface area (Å²) >= 11 is 0. The summed E-state index contributed by atoms with van der Waals surface area (Å²) in [6.45, 7) is 10.1. The van der Waals surface area contributed by atoms with Crippen molar-refractivity contribution in [3.63, 3.8) is 0 Å². The molecule has 0 aromatic carbocycles. The molecule has 0 radical (unpaired) electrons. The number of carbonyl (C=O) groups is 1. The topological polar surface area (TPSA) is 49.6 Å². The molecule has 1 heterocycles. The molecule has 2 N–H and O–H groups in total. The molecule has 1 rings (SSSR count). The Morgan fingerprint density at radius 2 is 2.14 bits per heavy atom. The van der Waals surface area contributed by atoms with Gasteiger partial charge in [-0.15, -0.1) is 0 Å². The molecule has 82 valence electrons. The number of hydrogen-bond donors (Lipinski definition) is 1. The first-order valence-electron chi connectivity index (χ1n) is 5.38. The van der Waals surface area contributed by atoms with Crippen LogP contribution in [0.1, 0.15) is 20.8 Å². The average Bonchev–Trinajstić information content (AvgIpc) is 2.21. The summed E-state index contributed by atoms with van der Waals surface area (Å²) in [6, 6.07) is 0.0522. The van der Waals surface area contributed by atoms with Crippen molar-refractivity contribution in [3.05, 3.63) is 0 Å². The number of nitrogens with two attached hydrogens (primary N) is 1. The van der Waals surface area contributed by atoms with E-state index in [9.17, 15) is 4.79 Å². The third-order valence-corrected chi connectivity index (χ3v) is 2.94. The molecule has 14 heavy (non-hydrogen) atoms. The van der Waals surface area contributed by atoms with Crippen molar-refractivity contribution in [2.24, 2.45) is 5.73 Å². The van der Waals surface area contributed by atoms with Crippen LogP contribution in [-0.2, 0) is 4.79 Å². The van der Waals surface area contributed by atoms with Crippen molar-refractivity contribution < 1.29 is 4.79 Å². The maximum Gasteiger partial charge on any atom is 0.241 e.